The first-order valence-electron chi connectivity index (χ1n) is 4.70. The van der Waals surface area contributed by atoms with Crippen LogP contribution < -0.4 is 4.74 Å². The number of benzene rings is 1. The fraction of sp³-hybridized carbons (Fsp3) is 0.167. The zero-order chi connectivity index (χ0) is 10.7. The average molecular weight is 201 g/mol. The van der Waals surface area contributed by atoms with E-state index in [1.807, 2.05) is 30.3 Å². The van der Waals surface area contributed by atoms with Gasteiger partial charge in [-0.3, -0.25) is 4.79 Å². The smallest absolute Gasteiger partial charge is 0.269 e. The lowest BCUT2D eigenvalue weighted by Gasteiger charge is -2.10. The van der Waals surface area contributed by atoms with Crippen LogP contribution in [0.4, 0.5) is 0 Å². The van der Waals surface area contributed by atoms with Gasteiger partial charge in [0.15, 0.2) is 0 Å². The Morgan fingerprint density at radius 1 is 1.27 bits per heavy atom. The molecule has 0 fully saturated rings. The van der Waals surface area contributed by atoms with Crippen LogP contribution in [0.25, 0.3) is 0 Å². The molecule has 3 heteroatoms. The summed E-state index contributed by atoms with van der Waals surface area (Å²) in [6, 6.07) is 7.73. The highest BCUT2D eigenvalue weighted by Crippen LogP contribution is 2.20. The van der Waals surface area contributed by atoms with Gasteiger partial charge in [0.2, 0.25) is 0 Å². The fourth-order valence-corrected chi connectivity index (χ4v) is 1.46. The lowest BCUT2D eigenvalue weighted by molar-refractivity contribution is -0.113. The third kappa shape index (κ3) is 2.13. The Bertz CT molecular complexity index is 402. The van der Waals surface area contributed by atoms with E-state index in [1.165, 1.54) is 6.08 Å². The molecule has 1 aromatic rings. The summed E-state index contributed by atoms with van der Waals surface area (Å²) in [6.45, 7) is 0. The SMILES string of the molecule is COc1ccc(C2C=CC(=O)N=C2)cc1. The van der Waals surface area contributed by atoms with Crippen molar-refractivity contribution in [2.45, 2.75) is 5.92 Å². The van der Waals surface area contributed by atoms with Crippen LogP contribution in [-0.4, -0.2) is 19.2 Å². The molecule has 0 radical (unpaired) electrons. The quantitative estimate of drug-likeness (QED) is 0.733. The molecule has 2 rings (SSSR count). The van der Waals surface area contributed by atoms with Crippen LogP contribution in [0, 0.1) is 0 Å². The number of methoxy groups -OCH3 is 1. The minimum absolute atomic E-state index is 0.0913. The Hall–Kier alpha value is -1.90. The van der Waals surface area contributed by atoms with Gasteiger partial charge in [0.1, 0.15) is 5.75 Å². The molecule has 1 amide bonds. The fourth-order valence-electron chi connectivity index (χ4n) is 1.46. The number of aliphatic imine (C=N–C) groups is 1. The maximum absolute atomic E-state index is 10.8. The van der Waals surface area contributed by atoms with Crippen molar-refractivity contribution in [3.05, 3.63) is 42.0 Å². The predicted molar refractivity (Wildman–Crippen MR) is 58.4 cm³/mol. The zero-order valence-electron chi connectivity index (χ0n) is 8.38. The number of hydrogen-bond donors (Lipinski definition) is 0. The first-order chi connectivity index (χ1) is 7.29. The Kier molecular flexibility index (Phi) is 2.63. The van der Waals surface area contributed by atoms with Gasteiger partial charge < -0.3 is 4.74 Å². The molecule has 0 bridgehead atoms. The number of nitrogens with zero attached hydrogens (tertiary/aromatic N) is 1. The first kappa shape index (κ1) is 9.65. The molecule has 1 aliphatic heterocycles. The number of allylic oxidation sites excluding steroid dienone is 1. The number of dihydropyridines is 1. The van der Waals surface area contributed by atoms with Crippen molar-refractivity contribution in [2.75, 3.05) is 7.11 Å². The Labute approximate surface area is 88.1 Å². The first-order valence-corrected chi connectivity index (χ1v) is 4.70. The van der Waals surface area contributed by atoms with Crippen LogP contribution in [0.5, 0.6) is 5.75 Å². The molecular formula is C12H11NO2. The minimum atomic E-state index is -0.195. The number of carbonyl (C=O) groups excluding carboxylic acids is 1. The standard InChI is InChI=1S/C12H11NO2/c1-15-11-5-2-9(3-6-11)10-4-7-12(14)13-8-10/h2-8,10H,1H3. The van der Waals surface area contributed by atoms with Gasteiger partial charge in [-0.1, -0.05) is 18.2 Å². The van der Waals surface area contributed by atoms with Gasteiger partial charge in [0, 0.05) is 18.2 Å². The zero-order valence-corrected chi connectivity index (χ0v) is 8.38. The van der Waals surface area contributed by atoms with Crippen LogP contribution in [0.15, 0.2) is 41.4 Å². The normalized spacial score (nSPS) is 19.3. The lowest BCUT2D eigenvalue weighted by Crippen LogP contribution is -2.04. The minimum Gasteiger partial charge on any atom is -0.497 e. The highest BCUT2D eigenvalue weighted by Gasteiger charge is 2.09. The second-order valence-electron chi connectivity index (χ2n) is 3.27. The topological polar surface area (TPSA) is 38.7 Å². The summed E-state index contributed by atoms with van der Waals surface area (Å²) >= 11 is 0. The molecule has 3 nitrogen and oxygen atoms in total. The summed E-state index contributed by atoms with van der Waals surface area (Å²) in [5.41, 5.74) is 1.10. The second kappa shape index (κ2) is 4.09. The highest BCUT2D eigenvalue weighted by atomic mass is 16.5. The van der Waals surface area contributed by atoms with E-state index >= 15 is 0 Å². The Balaban J connectivity index is 2.20. The molecule has 0 saturated carbocycles. The maximum atomic E-state index is 10.8. The number of rotatable bonds is 2. The Morgan fingerprint density at radius 2 is 2.00 bits per heavy atom. The summed E-state index contributed by atoms with van der Waals surface area (Å²) in [6.07, 6.45) is 5.00. The van der Waals surface area contributed by atoms with Crippen molar-refractivity contribution < 1.29 is 9.53 Å². The van der Waals surface area contributed by atoms with Crippen molar-refractivity contribution in [2.24, 2.45) is 4.99 Å². The van der Waals surface area contributed by atoms with Gasteiger partial charge in [-0.2, -0.15) is 0 Å². The van der Waals surface area contributed by atoms with Crippen LogP contribution in [0.2, 0.25) is 0 Å². The van der Waals surface area contributed by atoms with Crippen LogP contribution in [0.1, 0.15) is 11.5 Å². The van der Waals surface area contributed by atoms with Crippen molar-refractivity contribution in [1.82, 2.24) is 0 Å². The van der Waals surface area contributed by atoms with Gasteiger partial charge in [0.25, 0.3) is 5.91 Å². The molecule has 1 atom stereocenters. The summed E-state index contributed by atoms with van der Waals surface area (Å²) in [4.78, 5) is 14.6. The van der Waals surface area contributed by atoms with E-state index < -0.39 is 0 Å². The molecule has 76 valence electrons. The monoisotopic (exact) mass is 201 g/mol. The van der Waals surface area contributed by atoms with Gasteiger partial charge in [-0.15, -0.1) is 0 Å². The summed E-state index contributed by atoms with van der Waals surface area (Å²) in [7, 11) is 1.63. The van der Waals surface area contributed by atoms with E-state index in [9.17, 15) is 4.79 Å². The number of amides is 1. The number of hydrogen-bond acceptors (Lipinski definition) is 2. The van der Waals surface area contributed by atoms with Crippen molar-refractivity contribution in [3.8, 4) is 5.75 Å². The highest BCUT2D eigenvalue weighted by molar-refractivity contribution is 5.98. The second-order valence-corrected chi connectivity index (χ2v) is 3.27. The van der Waals surface area contributed by atoms with Crippen LogP contribution in [-0.2, 0) is 4.79 Å². The van der Waals surface area contributed by atoms with E-state index in [4.69, 9.17) is 4.74 Å². The largest absolute Gasteiger partial charge is 0.497 e. The molecule has 0 aromatic heterocycles. The lowest BCUT2D eigenvalue weighted by atomic mass is 9.98. The average Bonchev–Trinajstić information content (AvgIpc) is 2.30. The molecule has 0 aliphatic carbocycles. The van der Waals surface area contributed by atoms with E-state index in [-0.39, 0.29) is 11.8 Å². The molecule has 0 N–H and O–H groups in total. The number of ether oxygens (including phenoxy) is 1. The molecule has 15 heavy (non-hydrogen) atoms. The molecule has 1 aliphatic rings. The van der Waals surface area contributed by atoms with Crippen LogP contribution >= 0.6 is 0 Å². The summed E-state index contributed by atoms with van der Waals surface area (Å²) < 4.78 is 5.07. The molecule has 1 aromatic carbocycles. The van der Waals surface area contributed by atoms with E-state index in [2.05, 4.69) is 4.99 Å². The van der Waals surface area contributed by atoms with E-state index in [1.54, 1.807) is 13.3 Å². The third-order valence-corrected chi connectivity index (χ3v) is 2.31. The molecular weight excluding hydrogens is 190 g/mol. The van der Waals surface area contributed by atoms with Crippen molar-refractivity contribution in [1.29, 1.82) is 0 Å². The van der Waals surface area contributed by atoms with Crippen LogP contribution in [0.3, 0.4) is 0 Å². The van der Waals surface area contributed by atoms with Gasteiger partial charge in [0.05, 0.1) is 7.11 Å². The Morgan fingerprint density at radius 3 is 2.53 bits per heavy atom. The van der Waals surface area contributed by atoms with Crippen molar-refractivity contribution in [3.63, 3.8) is 0 Å². The van der Waals surface area contributed by atoms with Crippen molar-refractivity contribution >= 4 is 12.1 Å². The maximum Gasteiger partial charge on any atom is 0.269 e. The molecule has 1 unspecified atom stereocenters. The molecule has 1 heterocycles. The summed E-state index contributed by atoms with van der Waals surface area (Å²) in [5.74, 6) is 0.722. The third-order valence-electron chi connectivity index (χ3n) is 2.31. The van der Waals surface area contributed by atoms with E-state index in [0.29, 0.717) is 0 Å². The predicted octanol–water partition coefficient (Wildman–Crippen LogP) is 1.95. The summed E-state index contributed by atoms with van der Waals surface area (Å²) in [5, 5.41) is 0. The molecule has 0 spiro atoms. The van der Waals surface area contributed by atoms with Gasteiger partial charge >= 0.3 is 0 Å². The number of carbonyl (C=O) groups is 1. The molecule has 0 saturated heterocycles. The van der Waals surface area contributed by atoms with Gasteiger partial charge in [-0.25, -0.2) is 4.99 Å². The van der Waals surface area contributed by atoms with E-state index in [0.717, 1.165) is 11.3 Å². The van der Waals surface area contributed by atoms with Gasteiger partial charge in [-0.05, 0) is 17.7 Å².